The lowest BCUT2D eigenvalue weighted by Gasteiger charge is -2.10. The van der Waals surface area contributed by atoms with Crippen LogP contribution in [0.4, 0.5) is 5.69 Å². The molecule has 4 nitrogen and oxygen atoms in total. The van der Waals surface area contributed by atoms with Gasteiger partial charge in [-0.2, -0.15) is 0 Å². The van der Waals surface area contributed by atoms with Gasteiger partial charge < -0.3 is 10.6 Å². The summed E-state index contributed by atoms with van der Waals surface area (Å²) in [5, 5.41) is 5.88. The Hall–Kier alpha value is -1.85. The van der Waals surface area contributed by atoms with Crippen molar-refractivity contribution >= 4 is 45.0 Å². The fourth-order valence-corrected chi connectivity index (χ4v) is 2.48. The Morgan fingerprint density at radius 3 is 2.59 bits per heavy atom. The second-order valence-electron chi connectivity index (χ2n) is 4.62. The lowest BCUT2D eigenvalue weighted by molar-refractivity contribution is -0.115. The topological polar surface area (TPSA) is 58.2 Å². The number of halogens is 2. The molecule has 22 heavy (non-hydrogen) atoms. The molecule has 0 aliphatic carbocycles. The van der Waals surface area contributed by atoms with Crippen LogP contribution in [-0.2, 0) is 4.79 Å². The first-order chi connectivity index (χ1) is 10.5. The smallest absolute Gasteiger partial charge is 0.252 e. The average Bonchev–Trinajstić information content (AvgIpc) is 2.50. The maximum Gasteiger partial charge on any atom is 0.252 e. The molecule has 0 aliphatic heterocycles. The predicted molar refractivity (Wildman–Crippen MR) is 91.3 cm³/mol. The molecule has 0 unspecified atom stereocenters. The highest BCUT2D eigenvalue weighted by atomic mass is 79.9. The first-order valence-corrected chi connectivity index (χ1v) is 7.74. The zero-order valence-electron chi connectivity index (χ0n) is 11.8. The number of amides is 2. The van der Waals surface area contributed by atoms with Crippen LogP contribution in [0.1, 0.15) is 15.9 Å². The van der Waals surface area contributed by atoms with Gasteiger partial charge in [-0.05, 0) is 52.7 Å². The van der Waals surface area contributed by atoms with E-state index in [-0.39, 0.29) is 18.4 Å². The van der Waals surface area contributed by atoms with E-state index in [2.05, 4.69) is 26.6 Å². The molecule has 114 valence electrons. The molecule has 0 radical (unpaired) electrons. The SMILES string of the molecule is Cc1c(Cl)cccc1NC(=O)CNC(=O)c1ccccc1Br. The van der Waals surface area contributed by atoms with E-state index in [0.717, 1.165) is 5.56 Å². The number of benzene rings is 2. The Morgan fingerprint density at radius 2 is 1.86 bits per heavy atom. The van der Waals surface area contributed by atoms with Gasteiger partial charge in [-0.1, -0.05) is 29.8 Å². The summed E-state index contributed by atoms with van der Waals surface area (Å²) < 4.78 is 0.679. The van der Waals surface area contributed by atoms with Gasteiger partial charge in [0.1, 0.15) is 0 Å². The van der Waals surface area contributed by atoms with E-state index < -0.39 is 0 Å². The van der Waals surface area contributed by atoms with Gasteiger partial charge in [-0.3, -0.25) is 9.59 Å². The molecule has 2 N–H and O–H groups in total. The standard InChI is InChI=1S/C16H14BrClN2O2/c1-10-13(18)7-4-8-14(10)20-15(21)9-19-16(22)11-5-2-3-6-12(11)17/h2-8H,9H2,1H3,(H,19,22)(H,20,21). The van der Waals surface area contributed by atoms with Gasteiger partial charge in [-0.15, -0.1) is 0 Å². The minimum absolute atomic E-state index is 0.119. The number of hydrogen-bond donors (Lipinski definition) is 2. The quantitative estimate of drug-likeness (QED) is 0.847. The Morgan fingerprint density at radius 1 is 1.14 bits per heavy atom. The second-order valence-corrected chi connectivity index (χ2v) is 5.88. The minimum Gasteiger partial charge on any atom is -0.343 e. The van der Waals surface area contributed by atoms with Crippen LogP contribution in [0.15, 0.2) is 46.9 Å². The first-order valence-electron chi connectivity index (χ1n) is 6.56. The van der Waals surface area contributed by atoms with Crippen molar-refractivity contribution in [3.8, 4) is 0 Å². The van der Waals surface area contributed by atoms with E-state index in [9.17, 15) is 9.59 Å². The van der Waals surface area contributed by atoms with Gasteiger partial charge in [0, 0.05) is 15.2 Å². The van der Waals surface area contributed by atoms with Crippen molar-refractivity contribution in [1.29, 1.82) is 0 Å². The average molecular weight is 382 g/mol. The molecule has 0 saturated heterocycles. The molecule has 0 aromatic heterocycles. The van der Waals surface area contributed by atoms with Crippen molar-refractivity contribution in [2.45, 2.75) is 6.92 Å². The lowest BCUT2D eigenvalue weighted by Crippen LogP contribution is -2.33. The molecule has 0 bridgehead atoms. The third kappa shape index (κ3) is 4.08. The van der Waals surface area contributed by atoms with Crippen LogP contribution in [0.3, 0.4) is 0 Å². The van der Waals surface area contributed by atoms with E-state index in [4.69, 9.17) is 11.6 Å². The van der Waals surface area contributed by atoms with Crippen molar-refractivity contribution in [3.63, 3.8) is 0 Å². The highest BCUT2D eigenvalue weighted by molar-refractivity contribution is 9.10. The van der Waals surface area contributed by atoms with Gasteiger partial charge in [0.25, 0.3) is 5.91 Å². The van der Waals surface area contributed by atoms with E-state index in [1.54, 1.807) is 36.4 Å². The summed E-state index contributed by atoms with van der Waals surface area (Å²) in [4.78, 5) is 23.9. The summed E-state index contributed by atoms with van der Waals surface area (Å²) in [5.41, 5.74) is 1.90. The van der Waals surface area contributed by atoms with Crippen molar-refractivity contribution < 1.29 is 9.59 Å². The molecular weight excluding hydrogens is 368 g/mol. The van der Waals surface area contributed by atoms with E-state index in [0.29, 0.717) is 20.7 Å². The van der Waals surface area contributed by atoms with Crippen LogP contribution >= 0.6 is 27.5 Å². The van der Waals surface area contributed by atoms with E-state index in [1.165, 1.54) is 0 Å². The van der Waals surface area contributed by atoms with E-state index in [1.807, 2.05) is 13.0 Å². The summed E-state index contributed by atoms with van der Waals surface area (Å²) in [6.07, 6.45) is 0. The summed E-state index contributed by atoms with van der Waals surface area (Å²) in [6.45, 7) is 1.70. The van der Waals surface area contributed by atoms with Crippen molar-refractivity contribution in [2.24, 2.45) is 0 Å². The molecule has 0 heterocycles. The highest BCUT2D eigenvalue weighted by Crippen LogP contribution is 2.22. The molecule has 2 aromatic carbocycles. The zero-order valence-corrected chi connectivity index (χ0v) is 14.2. The number of carbonyl (C=O) groups is 2. The largest absolute Gasteiger partial charge is 0.343 e. The summed E-state index contributed by atoms with van der Waals surface area (Å²) >= 11 is 9.30. The van der Waals surface area contributed by atoms with Crippen LogP contribution in [-0.4, -0.2) is 18.4 Å². The maximum atomic E-state index is 12.0. The first kappa shape index (κ1) is 16.5. The molecule has 0 saturated carbocycles. The molecule has 0 fully saturated rings. The van der Waals surface area contributed by atoms with Crippen LogP contribution in [0, 0.1) is 6.92 Å². The Balaban J connectivity index is 1.95. The summed E-state index contributed by atoms with van der Waals surface area (Å²) in [7, 11) is 0. The lowest BCUT2D eigenvalue weighted by atomic mass is 10.2. The van der Waals surface area contributed by atoms with Crippen LogP contribution in [0.25, 0.3) is 0 Å². The van der Waals surface area contributed by atoms with Crippen LogP contribution in [0.5, 0.6) is 0 Å². The van der Waals surface area contributed by atoms with Crippen molar-refractivity contribution in [1.82, 2.24) is 5.32 Å². The molecular formula is C16H14BrClN2O2. The molecule has 6 heteroatoms. The monoisotopic (exact) mass is 380 g/mol. The van der Waals surface area contributed by atoms with Crippen LogP contribution in [0.2, 0.25) is 5.02 Å². The fraction of sp³-hybridized carbons (Fsp3) is 0.125. The summed E-state index contributed by atoms with van der Waals surface area (Å²) in [5.74, 6) is -0.629. The van der Waals surface area contributed by atoms with Crippen LogP contribution < -0.4 is 10.6 Å². The number of carbonyl (C=O) groups excluding carboxylic acids is 2. The predicted octanol–water partition coefficient (Wildman–Crippen LogP) is 3.78. The fourth-order valence-electron chi connectivity index (χ4n) is 1.84. The zero-order chi connectivity index (χ0) is 16.1. The second kappa shape index (κ2) is 7.42. The number of rotatable bonds is 4. The van der Waals surface area contributed by atoms with Crippen molar-refractivity contribution in [3.05, 3.63) is 63.1 Å². The normalized spacial score (nSPS) is 10.1. The Labute approximate surface area is 142 Å². The third-order valence-electron chi connectivity index (χ3n) is 3.07. The van der Waals surface area contributed by atoms with Gasteiger partial charge in [0.2, 0.25) is 5.91 Å². The summed E-state index contributed by atoms with van der Waals surface area (Å²) in [6, 6.07) is 12.3. The minimum atomic E-state index is -0.314. The molecule has 0 aliphatic rings. The molecule has 2 aromatic rings. The molecule has 0 spiro atoms. The maximum absolute atomic E-state index is 12.0. The van der Waals surface area contributed by atoms with Gasteiger partial charge in [0.15, 0.2) is 0 Å². The van der Waals surface area contributed by atoms with Gasteiger partial charge in [-0.25, -0.2) is 0 Å². The number of nitrogens with one attached hydrogen (secondary N) is 2. The Kier molecular flexibility index (Phi) is 5.57. The molecule has 0 atom stereocenters. The molecule has 2 rings (SSSR count). The van der Waals surface area contributed by atoms with Gasteiger partial charge >= 0.3 is 0 Å². The number of anilines is 1. The third-order valence-corrected chi connectivity index (χ3v) is 4.17. The van der Waals surface area contributed by atoms with Gasteiger partial charge in [0.05, 0.1) is 12.1 Å². The number of hydrogen-bond acceptors (Lipinski definition) is 2. The molecule has 2 amide bonds. The van der Waals surface area contributed by atoms with E-state index >= 15 is 0 Å². The van der Waals surface area contributed by atoms with Crippen molar-refractivity contribution in [2.75, 3.05) is 11.9 Å². The highest BCUT2D eigenvalue weighted by Gasteiger charge is 2.11. The Bertz CT molecular complexity index is 719.